The van der Waals surface area contributed by atoms with Crippen LogP contribution in [-0.4, -0.2) is 25.3 Å². The van der Waals surface area contributed by atoms with Crippen LogP contribution in [0.15, 0.2) is 0 Å². The van der Waals surface area contributed by atoms with Crippen LogP contribution in [0.4, 0.5) is 0 Å². The minimum Gasteiger partial charge on any atom is -0.380 e. The zero-order valence-corrected chi connectivity index (χ0v) is 6.06. The summed E-state index contributed by atoms with van der Waals surface area (Å²) in [7, 11) is 0. The molecule has 1 heterocycles. The maximum absolute atomic E-state index is 5.57. The first-order valence-electron chi connectivity index (χ1n) is 2.89. The Morgan fingerprint density at radius 3 is 2.22 bits per heavy atom. The molecule has 3 nitrogen and oxygen atoms in total. The predicted octanol–water partition coefficient (Wildman–Crippen LogP) is -0.517. The van der Waals surface area contributed by atoms with Crippen LogP contribution >= 0.6 is 12.4 Å². The first-order chi connectivity index (χ1) is 3.80. The molecule has 9 heavy (non-hydrogen) atoms. The molecule has 0 aromatic heterocycles. The van der Waals surface area contributed by atoms with Gasteiger partial charge in [-0.1, -0.05) is 0 Å². The van der Waals surface area contributed by atoms with E-state index >= 15 is 0 Å². The topological polar surface area (TPSA) is 61.3 Å². The van der Waals surface area contributed by atoms with Crippen LogP contribution in [-0.2, 0) is 4.74 Å². The molecule has 1 saturated heterocycles. The number of hydrogen-bond donors (Lipinski definition) is 2. The Balaban J connectivity index is 0.000000640. The summed E-state index contributed by atoms with van der Waals surface area (Å²) >= 11 is 0. The van der Waals surface area contributed by atoms with Crippen LogP contribution in [0.25, 0.3) is 0 Å². The molecule has 0 bridgehead atoms. The minimum absolute atomic E-state index is 0. The van der Waals surface area contributed by atoms with Gasteiger partial charge in [0.2, 0.25) is 0 Å². The second-order valence-corrected chi connectivity index (χ2v) is 2.19. The highest BCUT2D eigenvalue weighted by atomic mass is 35.5. The Morgan fingerprint density at radius 2 is 1.89 bits per heavy atom. The van der Waals surface area contributed by atoms with Crippen LogP contribution in [0.3, 0.4) is 0 Å². The van der Waals surface area contributed by atoms with E-state index in [0.717, 1.165) is 13.0 Å². The minimum atomic E-state index is 0. The molecule has 0 saturated carbocycles. The Labute approximate surface area is 61.1 Å². The highest BCUT2D eigenvalue weighted by Gasteiger charge is 2.17. The van der Waals surface area contributed by atoms with E-state index in [2.05, 4.69) is 0 Å². The van der Waals surface area contributed by atoms with Gasteiger partial charge in [0.25, 0.3) is 0 Å². The van der Waals surface area contributed by atoms with Gasteiger partial charge in [-0.2, -0.15) is 0 Å². The Hall–Kier alpha value is 0.170. The predicted molar refractivity (Wildman–Crippen MR) is 38.6 cm³/mol. The standard InChI is InChI=1S/C5H12N2O.ClH/c6-4-1-2-8-3-5(4)7;/h4-5H,1-3,6-7H2;1H. The summed E-state index contributed by atoms with van der Waals surface area (Å²) in [5.74, 6) is 0. The second-order valence-electron chi connectivity index (χ2n) is 2.19. The number of hydrogen-bond acceptors (Lipinski definition) is 3. The molecule has 56 valence electrons. The third kappa shape index (κ3) is 2.49. The molecule has 1 rings (SSSR count). The van der Waals surface area contributed by atoms with E-state index in [9.17, 15) is 0 Å². The van der Waals surface area contributed by atoms with Gasteiger partial charge >= 0.3 is 0 Å². The van der Waals surface area contributed by atoms with E-state index in [0.29, 0.717) is 6.61 Å². The molecule has 4 heteroatoms. The van der Waals surface area contributed by atoms with E-state index in [-0.39, 0.29) is 24.5 Å². The Morgan fingerprint density at radius 1 is 1.22 bits per heavy atom. The van der Waals surface area contributed by atoms with E-state index in [1.54, 1.807) is 0 Å². The molecule has 1 aliphatic rings. The van der Waals surface area contributed by atoms with Crippen molar-refractivity contribution < 1.29 is 4.74 Å². The number of rotatable bonds is 0. The number of halogens is 1. The SMILES string of the molecule is Cl.NC1CCOCC1N. The molecule has 2 atom stereocenters. The van der Waals surface area contributed by atoms with Crippen LogP contribution < -0.4 is 11.5 Å². The highest BCUT2D eigenvalue weighted by Crippen LogP contribution is 2.01. The van der Waals surface area contributed by atoms with E-state index in [1.165, 1.54) is 0 Å². The first kappa shape index (κ1) is 9.17. The quantitative estimate of drug-likeness (QED) is 0.491. The van der Waals surface area contributed by atoms with Crippen molar-refractivity contribution in [1.82, 2.24) is 0 Å². The van der Waals surface area contributed by atoms with Crippen molar-refractivity contribution in [3.05, 3.63) is 0 Å². The van der Waals surface area contributed by atoms with Gasteiger partial charge in [-0.15, -0.1) is 12.4 Å². The Bertz CT molecular complexity index is 71.4. The van der Waals surface area contributed by atoms with Crippen LogP contribution in [0, 0.1) is 0 Å². The average molecular weight is 153 g/mol. The Kier molecular flexibility index (Phi) is 4.14. The molecule has 4 N–H and O–H groups in total. The summed E-state index contributed by atoms with van der Waals surface area (Å²) in [4.78, 5) is 0. The maximum atomic E-state index is 5.57. The van der Waals surface area contributed by atoms with Crippen molar-refractivity contribution in [2.75, 3.05) is 13.2 Å². The summed E-state index contributed by atoms with van der Waals surface area (Å²) in [6.07, 6.45) is 0.904. The van der Waals surface area contributed by atoms with Gasteiger partial charge < -0.3 is 16.2 Å². The van der Waals surface area contributed by atoms with E-state index in [1.807, 2.05) is 0 Å². The highest BCUT2D eigenvalue weighted by molar-refractivity contribution is 5.85. The van der Waals surface area contributed by atoms with Crippen LogP contribution in [0.5, 0.6) is 0 Å². The van der Waals surface area contributed by atoms with Gasteiger partial charge in [0.15, 0.2) is 0 Å². The van der Waals surface area contributed by atoms with E-state index < -0.39 is 0 Å². The van der Waals surface area contributed by atoms with Crippen molar-refractivity contribution in [3.8, 4) is 0 Å². The van der Waals surface area contributed by atoms with Gasteiger partial charge in [-0.3, -0.25) is 0 Å². The van der Waals surface area contributed by atoms with Gasteiger partial charge in [0, 0.05) is 18.7 Å². The third-order valence-electron chi connectivity index (χ3n) is 1.46. The molecule has 0 aromatic rings. The molecular weight excluding hydrogens is 140 g/mol. The summed E-state index contributed by atoms with van der Waals surface area (Å²) in [5, 5.41) is 0. The molecule has 0 aliphatic carbocycles. The third-order valence-corrected chi connectivity index (χ3v) is 1.46. The normalized spacial score (nSPS) is 35.3. The van der Waals surface area contributed by atoms with Crippen molar-refractivity contribution in [2.45, 2.75) is 18.5 Å². The first-order valence-corrected chi connectivity index (χ1v) is 2.89. The van der Waals surface area contributed by atoms with Crippen molar-refractivity contribution in [2.24, 2.45) is 11.5 Å². The van der Waals surface area contributed by atoms with Crippen molar-refractivity contribution in [3.63, 3.8) is 0 Å². The van der Waals surface area contributed by atoms with Crippen molar-refractivity contribution >= 4 is 12.4 Å². The van der Waals surface area contributed by atoms with Gasteiger partial charge in [0.05, 0.1) is 6.61 Å². The summed E-state index contributed by atoms with van der Waals surface area (Å²) in [5.41, 5.74) is 11.1. The molecule has 1 aliphatic heterocycles. The molecular formula is C5H13ClN2O. The maximum Gasteiger partial charge on any atom is 0.0632 e. The zero-order chi connectivity index (χ0) is 5.98. The fraction of sp³-hybridized carbons (Fsp3) is 1.00. The fourth-order valence-electron chi connectivity index (χ4n) is 0.777. The molecule has 0 spiro atoms. The largest absolute Gasteiger partial charge is 0.380 e. The number of ether oxygens (including phenoxy) is 1. The monoisotopic (exact) mass is 152 g/mol. The van der Waals surface area contributed by atoms with Gasteiger partial charge in [-0.25, -0.2) is 0 Å². The number of nitrogens with two attached hydrogens (primary N) is 2. The molecule has 0 amide bonds. The molecule has 2 unspecified atom stereocenters. The molecule has 0 radical (unpaired) electrons. The lowest BCUT2D eigenvalue weighted by Gasteiger charge is -2.24. The summed E-state index contributed by atoms with van der Waals surface area (Å²) < 4.78 is 5.05. The average Bonchev–Trinajstić information content (AvgIpc) is 1.77. The lowest BCUT2D eigenvalue weighted by atomic mass is 10.1. The summed E-state index contributed by atoms with van der Waals surface area (Å²) in [6, 6.07) is 0.215. The zero-order valence-electron chi connectivity index (χ0n) is 5.25. The second kappa shape index (κ2) is 4.06. The van der Waals surface area contributed by atoms with E-state index in [4.69, 9.17) is 16.2 Å². The van der Waals surface area contributed by atoms with Crippen LogP contribution in [0.2, 0.25) is 0 Å². The van der Waals surface area contributed by atoms with Crippen molar-refractivity contribution in [1.29, 1.82) is 0 Å². The lowest BCUT2D eigenvalue weighted by molar-refractivity contribution is 0.0711. The van der Waals surface area contributed by atoms with Gasteiger partial charge in [-0.05, 0) is 6.42 Å². The smallest absolute Gasteiger partial charge is 0.0632 e. The molecule has 0 aromatic carbocycles. The lowest BCUT2D eigenvalue weighted by Crippen LogP contribution is -2.48. The summed E-state index contributed by atoms with van der Waals surface area (Å²) in [6.45, 7) is 1.40. The fourth-order valence-corrected chi connectivity index (χ4v) is 0.777. The van der Waals surface area contributed by atoms with Crippen LogP contribution in [0.1, 0.15) is 6.42 Å². The molecule has 1 fully saturated rings. The van der Waals surface area contributed by atoms with Gasteiger partial charge in [0.1, 0.15) is 0 Å².